The number of nitriles is 1. The van der Waals surface area contributed by atoms with Gasteiger partial charge in [0.25, 0.3) is 0 Å². The average molecular weight is 376 g/mol. The van der Waals surface area contributed by atoms with E-state index < -0.39 is 5.82 Å². The molecule has 0 radical (unpaired) electrons. The summed E-state index contributed by atoms with van der Waals surface area (Å²) < 4.78 is 14.2. The van der Waals surface area contributed by atoms with Crippen molar-refractivity contribution in [2.45, 2.75) is 57.2 Å². The van der Waals surface area contributed by atoms with Gasteiger partial charge in [0.05, 0.1) is 11.6 Å². The number of benzene rings is 2. The van der Waals surface area contributed by atoms with Crippen LogP contribution in [-0.4, -0.2) is 22.8 Å². The summed E-state index contributed by atoms with van der Waals surface area (Å²) >= 11 is 0. The molecule has 0 aliphatic carbocycles. The molecule has 2 aromatic carbocycles. The van der Waals surface area contributed by atoms with Crippen LogP contribution in [0.25, 0.3) is 0 Å². The number of fused-ring (bicyclic) bond motifs is 2. The van der Waals surface area contributed by atoms with Crippen molar-refractivity contribution in [2.75, 3.05) is 0 Å². The first-order chi connectivity index (χ1) is 13.6. The Bertz CT molecular complexity index is 875. The Balaban J connectivity index is 1.43. The highest BCUT2D eigenvalue weighted by atomic mass is 19.1. The fourth-order valence-electron chi connectivity index (χ4n) is 4.89. The van der Waals surface area contributed by atoms with Crippen molar-refractivity contribution in [1.29, 1.82) is 5.26 Å². The summed E-state index contributed by atoms with van der Waals surface area (Å²) in [6.07, 6.45) is 5.38. The van der Waals surface area contributed by atoms with Crippen molar-refractivity contribution in [3.63, 3.8) is 0 Å². The van der Waals surface area contributed by atoms with E-state index in [1.165, 1.54) is 18.1 Å². The maximum absolute atomic E-state index is 14.2. The van der Waals surface area contributed by atoms with Crippen LogP contribution in [0.5, 0.6) is 0 Å². The number of ketones is 1. The Morgan fingerprint density at radius 3 is 2.46 bits per heavy atom. The third-order valence-corrected chi connectivity index (χ3v) is 6.34. The Hall–Kier alpha value is -2.51. The van der Waals surface area contributed by atoms with Crippen LogP contribution in [0.15, 0.2) is 48.5 Å². The predicted molar refractivity (Wildman–Crippen MR) is 106 cm³/mol. The predicted octanol–water partition coefficient (Wildman–Crippen LogP) is 4.64. The van der Waals surface area contributed by atoms with E-state index >= 15 is 0 Å². The van der Waals surface area contributed by atoms with Gasteiger partial charge >= 0.3 is 0 Å². The highest BCUT2D eigenvalue weighted by molar-refractivity contribution is 5.83. The molecule has 144 valence electrons. The zero-order valence-corrected chi connectivity index (χ0v) is 16.0. The number of halogens is 1. The second kappa shape index (κ2) is 8.24. The van der Waals surface area contributed by atoms with E-state index in [4.69, 9.17) is 5.26 Å². The first-order valence-corrected chi connectivity index (χ1v) is 10.1. The SMILES string of the molecule is N#Cc1ccc(CC(=O)C2CC3CCCC(C2)N3Cc2ccccc2)c(F)c1. The summed E-state index contributed by atoms with van der Waals surface area (Å²) in [5.41, 5.74) is 2.02. The molecule has 2 bridgehead atoms. The number of hydrogen-bond acceptors (Lipinski definition) is 3. The molecule has 0 spiro atoms. The van der Waals surface area contributed by atoms with E-state index in [1.807, 2.05) is 12.1 Å². The molecular formula is C24H25FN2O. The van der Waals surface area contributed by atoms with E-state index in [9.17, 15) is 9.18 Å². The Kier molecular flexibility index (Phi) is 5.54. The third-order valence-electron chi connectivity index (χ3n) is 6.34. The number of nitrogens with zero attached hydrogens (tertiary/aromatic N) is 2. The summed E-state index contributed by atoms with van der Waals surface area (Å²) in [6.45, 7) is 0.946. The average Bonchev–Trinajstić information content (AvgIpc) is 2.70. The van der Waals surface area contributed by atoms with Gasteiger partial charge in [0.2, 0.25) is 0 Å². The maximum atomic E-state index is 14.2. The molecule has 4 heteroatoms. The molecule has 4 rings (SSSR count). The van der Waals surface area contributed by atoms with Gasteiger partial charge < -0.3 is 0 Å². The summed E-state index contributed by atoms with van der Waals surface area (Å²) in [7, 11) is 0. The van der Waals surface area contributed by atoms with Gasteiger partial charge in [0.15, 0.2) is 0 Å². The molecular weight excluding hydrogens is 351 g/mol. The Morgan fingerprint density at radius 1 is 1.11 bits per heavy atom. The molecule has 0 N–H and O–H groups in total. The second-order valence-corrected chi connectivity index (χ2v) is 8.13. The number of Topliss-reactive ketones (excluding diaryl/α,β-unsaturated/α-hetero) is 1. The van der Waals surface area contributed by atoms with Crippen molar-refractivity contribution in [3.05, 3.63) is 71.0 Å². The van der Waals surface area contributed by atoms with Gasteiger partial charge in [-0.1, -0.05) is 42.8 Å². The summed E-state index contributed by atoms with van der Waals surface area (Å²) in [5, 5.41) is 8.87. The van der Waals surface area contributed by atoms with Crippen LogP contribution in [0.4, 0.5) is 4.39 Å². The largest absolute Gasteiger partial charge is 0.299 e. The minimum atomic E-state index is -0.450. The molecule has 28 heavy (non-hydrogen) atoms. The minimum Gasteiger partial charge on any atom is -0.299 e. The molecule has 2 aliphatic heterocycles. The third kappa shape index (κ3) is 4.00. The smallest absolute Gasteiger partial charge is 0.140 e. The molecule has 2 aromatic rings. The number of hydrogen-bond donors (Lipinski definition) is 0. The van der Waals surface area contributed by atoms with Crippen molar-refractivity contribution >= 4 is 5.78 Å². The number of carbonyl (C=O) groups is 1. The fourth-order valence-corrected chi connectivity index (χ4v) is 4.89. The van der Waals surface area contributed by atoms with Gasteiger partial charge in [-0.25, -0.2) is 4.39 Å². The van der Waals surface area contributed by atoms with Gasteiger partial charge in [0, 0.05) is 31.0 Å². The number of rotatable bonds is 5. The standard InChI is InChI=1S/C24H25FN2O/c25-23-11-18(15-26)9-10-19(23)14-24(28)20-12-21-7-4-8-22(13-20)27(21)16-17-5-2-1-3-6-17/h1-3,5-6,9-11,20-22H,4,7-8,12-14,16H2. The molecule has 2 atom stereocenters. The van der Waals surface area contributed by atoms with Gasteiger partial charge in [0.1, 0.15) is 11.6 Å². The zero-order valence-electron chi connectivity index (χ0n) is 16.0. The van der Waals surface area contributed by atoms with E-state index in [1.54, 1.807) is 12.1 Å². The van der Waals surface area contributed by atoms with Crippen LogP contribution in [0.1, 0.15) is 48.8 Å². The van der Waals surface area contributed by atoms with Gasteiger partial charge in [-0.15, -0.1) is 0 Å². The van der Waals surface area contributed by atoms with Crippen LogP contribution < -0.4 is 0 Å². The van der Waals surface area contributed by atoms with Crippen LogP contribution in [-0.2, 0) is 17.8 Å². The van der Waals surface area contributed by atoms with E-state index in [2.05, 4.69) is 29.2 Å². The number of piperidine rings is 2. The Labute approximate surface area is 165 Å². The quantitative estimate of drug-likeness (QED) is 0.763. The minimum absolute atomic E-state index is 0.0115. The maximum Gasteiger partial charge on any atom is 0.140 e. The summed E-state index contributed by atoms with van der Waals surface area (Å²) in [4.78, 5) is 15.5. The molecule has 3 nitrogen and oxygen atoms in total. The van der Waals surface area contributed by atoms with Crippen molar-refractivity contribution in [1.82, 2.24) is 4.90 Å². The Morgan fingerprint density at radius 2 is 1.82 bits per heavy atom. The molecule has 0 amide bonds. The number of carbonyl (C=O) groups excluding carboxylic acids is 1. The molecule has 0 saturated carbocycles. The molecule has 2 aliphatic rings. The normalized spacial score (nSPS) is 24.5. The highest BCUT2D eigenvalue weighted by Gasteiger charge is 2.40. The highest BCUT2D eigenvalue weighted by Crippen LogP contribution is 2.38. The van der Waals surface area contributed by atoms with E-state index in [-0.39, 0.29) is 23.7 Å². The van der Waals surface area contributed by atoms with Gasteiger partial charge in [-0.3, -0.25) is 9.69 Å². The molecule has 2 unspecified atom stereocenters. The molecule has 0 aromatic heterocycles. The van der Waals surface area contributed by atoms with E-state index in [0.717, 1.165) is 32.2 Å². The van der Waals surface area contributed by atoms with Crippen molar-refractivity contribution < 1.29 is 9.18 Å². The zero-order chi connectivity index (χ0) is 19.5. The first-order valence-electron chi connectivity index (χ1n) is 10.1. The first kappa shape index (κ1) is 18.8. The lowest BCUT2D eigenvalue weighted by Gasteiger charge is -2.48. The monoisotopic (exact) mass is 376 g/mol. The second-order valence-electron chi connectivity index (χ2n) is 8.13. The topological polar surface area (TPSA) is 44.1 Å². The molecule has 2 heterocycles. The summed E-state index contributed by atoms with van der Waals surface area (Å²) in [6, 6.07) is 17.7. The lowest BCUT2D eigenvalue weighted by atomic mass is 9.75. The van der Waals surface area contributed by atoms with Gasteiger partial charge in [-0.05, 0) is 48.9 Å². The van der Waals surface area contributed by atoms with Crippen molar-refractivity contribution in [2.24, 2.45) is 5.92 Å². The van der Waals surface area contributed by atoms with E-state index in [0.29, 0.717) is 17.6 Å². The van der Waals surface area contributed by atoms with Crippen LogP contribution in [0, 0.1) is 23.1 Å². The van der Waals surface area contributed by atoms with Gasteiger partial charge in [-0.2, -0.15) is 5.26 Å². The lowest BCUT2D eigenvalue weighted by molar-refractivity contribution is -0.126. The van der Waals surface area contributed by atoms with Crippen LogP contribution in [0.2, 0.25) is 0 Å². The molecule has 2 fully saturated rings. The van der Waals surface area contributed by atoms with Crippen LogP contribution >= 0.6 is 0 Å². The lowest BCUT2D eigenvalue weighted by Crippen LogP contribution is -2.52. The van der Waals surface area contributed by atoms with Crippen LogP contribution in [0.3, 0.4) is 0 Å². The van der Waals surface area contributed by atoms with Crippen molar-refractivity contribution in [3.8, 4) is 6.07 Å². The molecule has 2 saturated heterocycles. The fraction of sp³-hybridized carbons (Fsp3) is 0.417. The summed E-state index contributed by atoms with van der Waals surface area (Å²) in [5.74, 6) is -0.300.